The Morgan fingerprint density at radius 3 is 2.54 bits per heavy atom. The van der Waals surface area contributed by atoms with E-state index in [0.717, 1.165) is 5.69 Å². The monoisotopic (exact) mass is 195 g/mol. The molecular weight excluding hydrogens is 190 g/mol. The summed E-state index contributed by atoms with van der Waals surface area (Å²) in [6, 6.07) is 0. The topological polar surface area (TPSA) is 56.5 Å². The van der Waals surface area contributed by atoms with Crippen LogP contribution in [0.2, 0.25) is 5.28 Å². The van der Waals surface area contributed by atoms with E-state index in [0.29, 0.717) is 11.1 Å². The number of aryl methyl sites for hydroxylation is 1. The molecule has 2 aromatic heterocycles. The number of nitrogens with zero attached hydrogens (tertiary/aromatic N) is 5. The average Bonchev–Trinajstić information content (AvgIpc) is 2.53. The summed E-state index contributed by atoms with van der Waals surface area (Å²) in [4.78, 5) is 8.06. The Morgan fingerprint density at radius 1 is 1.31 bits per heavy atom. The smallest absolute Gasteiger partial charge is 0.229 e. The molecule has 0 aliphatic heterocycles. The van der Waals surface area contributed by atoms with Gasteiger partial charge in [0.05, 0.1) is 18.1 Å². The molecule has 0 aliphatic rings. The maximum Gasteiger partial charge on any atom is 0.229 e. The van der Waals surface area contributed by atoms with Crippen LogP contribution in [-0.2, 0) is 0 Å². The maximum absolute atomic E-state index is 5.75. The molecule has 66 valence electrons. The second-order valence-electron chi connectivity index (χ2n) is 2.46. The van der Waals surface area contributed by atoms with Crippen LogP contribution in [0.25, 0.3) is 5.69 Å². The highest BCUT2D eigenvalue weighted by Gasteiger charge is 2.02. The average molecular weight is 196 g/mol. The van der Waals surface area contributed by atoms with Crippen molar-refractivity contribution in [1.29, 1.82) is 0 Å². The molecular formula is C7H6ClN5. The molecule has 0 bridgehead atoms. The van der Waals surface area contributed by atoms with Gasteiger partial charge in [0.15, 0.2) is 0 Å². The van der Waals surface area contributed by atoms with Gasteiger partial charge in [-0.3, -0.25) is 4.57 Å². The molecule has 0 saturated carbocycles. The molecule has 2 rings (SSSR count). The maximum atomic E-state index is 5.75. The van der Waals surface area contributed by atoms with Gasteiger partial charge in [0.25, 0.3) is 0 Å². The molecule has 0 spiro atoms. The number of aromatic nitrogens is 5. The van der Waals surface area contributed by atoms with Crippen LogP contribution in [-0.4, -0.2) is 24.7 Å². The summed E-state index contributed by atoms with van der Waals surface area (Å²) in [6.45, 7) is 1.82. The summed E-state index contributed by atoms with van der Waals surface area (Å²) >= 11 is 5.75. The van der Waals surface area contributed by atoms with Crippen molar-refractivity contribution in [2.45, 2.75) is 6.92 Å². The van der Waals surface area contributed by atoms with E-state index >= 15 is 0 Å². The Morgan fingerprint density at radius 2 is 2.00 bits per heavy atom. The van der Waals surface area contributed by atoms with E-state index in [4.69, 9.17) is 11.6 Å². The predicted molar refractivity (Wildman–Crippen MR) is 46.7 cm³/mol. The van der Waals surface area contributed by atoms with Gasteiger partial charge in [-0.25, -0.2) is 9.97 Å². The Labute approximate surface area is 79.4 Å². The van der Waals surface area contributed by atoms with Gasteiger partial charge in [-0.1, -0.05) is 0 Å². The van der Waals surface area contributed by atoms with Gasteiger partial charge in [-0.2, -0.15) is 0 Å². The first kappa shape index (κ1) is 8.12. The molecule has 2 heterocycles. The second kappa shape index (κ2) is 3.10. The van der Waals surface area contributed by atoms with Gasteiger partial charge >= 0.3 is 0 Å². The van der Waals surface area contributed by atoms with Gasteiger partial charge in [0.2, 0.25) is 5.28 Å². The van der Waals surface area contributed by atoms with Gasteiger partial charge in [0, 0.05) is 0 Å². The lowest BCUT2D eigenvalue weighted by Gasteiger charge is -2.00. The van der Waals surface area contributed by atoms with Crippen molar-refractivity contribution in [2.75, 3.05) is 0 Å². The van der Waals surface area contributed by atoms with Gasteiger partial charge < -0.3 is 0 Å². The summed E-state index contributed by atoms with van der Waals surface area (Å²) < 4.78 is 1.60. The molecule has 0 aromatic carbocycles. The van der Waals surface area contributed by atoms with E-state index in [-0.39, 0.29) is 0 Å². The quantitative estimate of drug-likeness (QED) is 0.682. The molecule has 0 saturated heterocycles. The van der Waals surface area contributed by atoms with Gasteiger partial charge in [-0.05, 0) is 18.5 Å². The van der Waals surface area contributed by atoms with E-state index in [9.17, 15) is 0 Å². The number of halogens is 1. The molecule has 0 aliphatic carbocycles. The van der Waals surface area contributed by atoms with Crippen LogP contribution in [0.5, 0.6) is 0 Å². The van der Waals surface area contributed by atoms with Crippen molar-refractivity contribution in [3.63, 3.8) is 0 Å². The molecule has 0 atom stereocenters. The van der Waals surface area contributed by atoms with E-state index in [1.807, 2.05) is 6.92 Å². The number of rotatable bonds is 1. The fraction of sp³-hybridized carbons (Fsp3) is 0.143. The lowest BCUT2D eigenvalue weighted by Crippen LogP contribution is -1.96. The third kappa shape index (κ3) is 1.50. The van der Waals surface area contributed by atoms with Crippen molar-refractivity contribution in [3.05, 3.63) is 29.8 Å². The SMILES string of the molecule is Cc1ncc(-n2cnnc2Cl)cn1. The van der Waals surface area contributed by atoms with Crippen molar-refractivity contribution in [2.24, 2.45) is 0 Å². The highest BCUT2D eigenvalue weighted by Crippen LogP contribution is 2.10. The highest BCUT2D eigenvalue weighted by molar-refractivity contribution is 6.28. The lowest BCUT2D eigenvalue weighted by molar-refractivity contribution is 0.972. The summed E-state index contributed by atoms with van der Waals surface area (Å²) in [6.07, 6.45) is 4.84. The fourth-order valence-corrected chi connectivity index (χ4v) is 1.09. The van der Waals surface area contributed by atoms with Crippen LogP contribution in [0.4, 0.5) is 0 Å². The number of hydrogen-bond donors (Lipinski definition) is 0. The second-order valence-corrected chi connectivity index (χ2v) is 2.80. The minimum Gasteiger partial charge on any atom is -0.269 e. The van der Waals surface area contributed by atoms with Crippen LogP contribution in [0, 0.1) is 6.92 Å². The number of hydrogen-bond acceptors (Lipinski definition) is 4. The van der Waals surface area contributed by atoms with Crippen LogP contribution >= 0.6 is 11.6 Å². The first-order chi connectivity index (χ1) is 6.27. The third-order valence-corrected chi connectivity index (χ3v) is 1.81. The first-order valence-corrected chi connectivity index (χ1v) is 4.00. The first-order valence-electron chi connectivity index (χ1n) is 3.62. The van der Waals surface area contributed by atoms with Crippen LogP contribution < -0.4 is 0 Å². The zero-order valence-electron chi connectivity index (χ0n) is 6.85. The van der Waals surface area contributed by atoms with Crippen LogP contribution in [0.1, 0.15) is 5.82 Å². The van der Waals surface area contributed by atoms with Crippen molar-refractivity contribution in [3.8, 4) is 5.69 Å². The standard InChI is InChI=1S/C7H6ClN5/c1-5-9-2-6(3-10-5)13-4-11-12-7(13)8/h2-4H,1H3. The Hall–Kier alpha value is -1.49. The zero-order valence-corrected chi connectivity index (χ0v) is 7.60. The Bertz CT molecular complexity index is 407. The Balaban J connectivity index is 2.47. The summed E-state index contributed by atoms with van der Waals surface area (Å²) in [5, 5.41) is 7.58. The van der Waals surface area contributed by atoms with Gasteiger partial charge in [0.1, 0.15) is 12.2 Å². The third-order valence-electron chi connectivity index (χ3n) is 1.55. The molecule has 0 unspecified atom stereocenters. The molecule has 6 heteroatoms. The van der Waals surface area contributed by atoms with E-state index in [1.165, 1.54) is 6.33 Å². The highest BCUT2D eigenvalue weighted by atomic mass is 35.5. The zero-order chi connectivity index (χ0) is 9.26. The Kier molecular flexibility index (Phi) is 1.94. The lowest BCUT2D eigenvalue weighted by atomic mass is 10.5. The van der Waals surface area contributed by atoms with Crippen LogP contribution in [0.15, 0.2) is 18.7 Å². The van der Waals surface area contributed by atoms with Crippen molar-refractivity contribution < 1.29 is 0 Å². The van der Waals surface area contributed by atoms with E-state index < -0.39 is 0 Å². The molecule has 2 aromatic rings. The minimum atomic E-state index is 0.299. The molecule has 0 fully saturated rings. The molecule has 0 radical (unpaired) electrons. The van der Waals surface area contributed by atoms with Gasteiger partial charge in [-0.15, -0.1) is 10.2 Å². The van der Waals surface area contributed by atoms with Crippen molar-refractivity contribution >= 4 is 11.6 Å². The molecule has 0 N–H and O–H groups in total. The van der Waals surface area contributed by atoms with E-state index in [1.54, 1.807) is 17.0 Å². The predicted octanol–water partition coefficient (Wildman–Crippen LogP) is 1.02. The molecule has 13 heavy (non-hydrogen) atoms. The largest absolute Gasteiger partial charge is 0.269 e. The van der Waals surface area contributed by atoms with Crippen molar-refractivity contribution in [1.82, 2.24) is 24.7 Å². The fourth-order valence-electron chi connectivity index (χ4n) is 0.904. The summed E-state index contributed by atoms with van der Waals surface area (Å²) in [7, 11) is 0. The molecule has 0 amide bonds. The summed E-state index contributed by atoms with van der Waals surface area (Å²) in [5.41, 5.74) is 0.751. The normalized spacial score (nSPS) is 10.3. The summed E-state index contributed by atoms with van der Waals surface area (Å²) in [5.74, 6) is 0.716. The minimum absolute atomic E-state index is 0.299. The molecule has 5 nitrogen and oxygen atoms in total. The van der Waals surface area contributed by atoms with Crippen LogP contribution in [0.3, 0.4) is 0 Å². The van der Waals surface area contributed by atoms with E-state index in [2.05, 4.69) is 20.2 Å².